The topological polar surface area (TPSA) is 67.0 Å². The number of H-pyrrole nitrogens is 1. The molecule has 2 aromatic carbocycles. The Morgan fingerprint density at radius 1 is 1.20 bits per heavy atom. The predicted molar refractivity (Wildman–Crippen MR) is 101 cm³/mol. The average molecular weight is 353 g/mol. The van der Waals surface area contributed by atoms with Gasteiger partial charge in [0.15, 0.2) is 0 Å². The number of benzene rings is 2. The van der Waals surface area contributed by atoms with Gasteiger partial charge in [0.25, 0.3) is 5.91 Å². The number of carbonyl (C=O) groups excluding carboxylic acids is 1. The van der Waals surface area contributed by atoms with Crippen LogP contribution >= 0.6 is 11.8 Å². The fraction of sp³-hybridized carbons (Fsp3) is 0.158. The third kappa shape index (κ3) is 4.22. The first kappa shape index (κ1) is 17.1. The maximum absolute atomic E-state index is 12.4. The molecule has 3 rings (SSSR count). The molecule has 25 heavy (non-hydrogen) atoms. The first-order valence-electron chi connectivity index (χ1n) is 7.93. The standard InChI is InChI=1S/C19H19N3O2S/c1-3-24-15-9-7-13(8-10-15)17-12-18(22-21-17)19(23)20-14-5-4-6-16(11-14)25-2/h4-12H,3H2,1-2H3,(H,20,23)(H,21,22). The van der Waals surface area contributed by atoms with E-state index >= 15 is 0 Å². The van der Waals surface area contributed by atoms with Crippen molar-refractivity contribution in [2.75, 3.05) is 18.2 Å². The van der Waals surface area contributed by atoms with Crippen LogP contribution in [0.2, 0.25) is 0 Å². The number of amides is 1. The molecular formula is C19H19N3O2S. The zero-order valence-electron chi connectivity index (χ0n) is 14.1. The van der Waals surface area contributed by atoms with Crippen LogP contribution in [-0.2, 0) is 0 Å². The molecule has 0 aliphatic carbocycles. The van der Waals surface area contributed by atoms with Gasteiger partial charge in [-0.1, -0.05) is 6.07 Å². The molecule has 0 atom stereocenters. The largest absolute Gasteiger partial charge is 0.494 e. The van der Waals surface area contributed by atoms with Crippen molar-refractivity contribution in [1.29, 1.82) is 0 Å². The van der Waals surface area contributed by atoms with Crippen LogP contribution in [0.5, 0.6) is 5.75 Å². The van der Waals surface area contributed by atoms with E-state index in [9.17, 15) is 4.79 Å². The molecule has 6 heteroatoms. The minimum atomic E-state index is -0.220. The van der Waals surface area contributed by atoms with Crippen molar-refractivity contribution in [3.05, 3.63) is 60.3 Å². The minimum absolute atomic E-state index is 0.220. The smallest absolute Gasteiger partial charge is 0.273 e. The lowest BCUT2D eigenvalue weighted by Gasteiger charge is -2.04. The molecule has 0 aliphatic rings. The van der Waals surface area contributed by atoms with E-state index in [0.717, 1.165) is 21.9 Å². The van der Waals surface area contributed by atoms with E-state index < -0.39 is 0 Å². The molecule has 0 fully saturated rings. The van der Waals surface area contributed by atoms with Crippen LogP contribution in [0.3, 0.4) is 0 Å². The molecule has 2 N–H and O–H groups in total. The number of nitrogens with zero attached hydrogens (tertiary/aromatic N) is 1. The van der Waals surface area contributed by atoms with E-state index in [2.05, 4.69) is 15.5 Å². The third-order valence-corrected chi connectivity index (χ3v) is 4.34. The van der Waals surface area contributed by atoms with Crippen LogP contribution in [0.1, 0.15) is 17.4 Å². The van der Waals surface area contributed by atoms with Crippen molar-refractivity contribution in [2.45, 2.75) is 11.8 Å². The fourth-order valence-electron chi connectivity index (χ4n) is 2.37. The molecule has 0 bridgehead atoms. The number of aromatic nitrogens is 2. The number of carbonyl (C=O) groups is 1. The van der Waals surface area contributed by atoms with E-state index in [0.29, 0.717) is 18.0 Å². The van der Waals surface area contributed by atoms with E-state index in [1.54, 1.807) is 17.8 Å². The lowest BCUT2D eigenvalue weighted by Crippen LogP contribution is -2.12. The summed E-state index contributed by atoms with van der Waals surface area (Å²) in [5, 5.41) is 9.90. The second-order valence-electron chi connectivity index (χ2n) is 5.31. The normalized spacial score (nSPS) is 10.5. The zero-order chi connectivity index (χ0) is 17.6. The molecular weight excluding hydrogens is 334 g/mol. The first-order valence-corrected chi connectivity index (χ1v) is 9.16. The van der Waals surface area contributed by atoms with Gasteiger partial charge in [0.1, 0.15) is 11.4 Å². The highest BCUT2D eigenvalue weighted by atomic mass is 32.2. The molecule has 3 aromatic rings. The van der Waals surface area contributed by atoms with Crippen LogP contribution in [0.15, 0.2) is 59.5 Å². The molecule has 128 valence electrons. The maximum atomic E-state index is 12.4. The lowest BCUT2D eigenvalue weighted by atomic mass is 10.1. The molecule has 0 spiro atoms. The SMILES string of the molecule is CCOc1ccc(-c2cc(C(=O)Nc3cccc(SC)c3)[nH]n2)cc1. The van der Waals surface area contributed by atoms with E-state index in [-0.39, 0.29) is 5.91 Å². The summed E-state index contributed by atoms with van der Waals surface area (Å²) in [6, 6.07) is 17.1. The molecule has 0 radical (unpaired) electrons. The average Bonchev–Trinajstić information content (AvgIpc) is 3.13. The summed E-state index contributed by atoms with van der Waals surface area (Å²) in [6.45, 7) is 2.57. The molecule has 0 unspecified atom stereocenters. The Hall–Kier alpha value is -2.73. The van der Waals surface area contributed by atoms with Gasteiger partial charge in [-0.2, -0.15) is 5.10 Å². The Balaban J connectivity index is 1.72. The van der Waals surface area contributed by atoms with Crippen molar-refractivity contribution in [1.82, 2.24) is 10.2 Å². The van der Waals surface area contributed by atoms with Gasteiger partial charge >= 0.3 is 0 Å². The van der Waals surface area contributed by atoms with Crippen LogP contribution in [0, 0.1) is 0 Å². The molecule has 1 amide bonds. The van der Waals surface area contributed by atoms with Crippen LogP contribution in [-0.4, -0.2) is 29.0 Å². The van der Waals surface area contributed by atoms with Gasteiger partial charge in [0, 0.05) is 16.1 Å². The maximum Gasteiger partial charge on any atom is 0.273 e. The lowest BCUT2D eigenvalue weighted by molar-refractivity contribution is 0.102. The highest BCUT2D eigenvalue weighted by Crippen LogP contribution is 2.22. The van der Waals surface area contributed by atoms with Crippen molar-refractivity contribution in [3.63, 3.8) is 0 Å². The van der Waals surface area contributed by atoms with Crippen LogP contribution in [0.25, 0.3) is 11.3 Å². The molecule has 0 aliphatic heterocycles. The van der Waals surface area contributed by atoms with Crippen LogP contribution < -0.4 is 10.1 Å². The molecule has 0 saturated carbocycles. The monoisotopic (exact) mass is 353 g/mol. The van der Waals surface area contributed by atoms with Crippen molar-refractivity contribution in [2.24, 2.45) is 0 Å². The number of rotatable bonds is 6. The Kier molecular flexibility index (Phi) is 5.40. The number of ether oxygens (including phenoxy) is 1. The number of hydrogen-bond acceptors (Lipinski definition) is 4. The van der Waals surface area contributed by atoms with Crippen molar-refractivity contribution in [3.8, 4) is 17.0 Å². The van der Waals surface area contributed by atoms with Crippen LogP contribution in [0.4, 0.5) is 5.69 Å². The number of nitrogens with one attached hydrogen (secondary N) is 2. The van der Waals surface area contributed by atoms with Gasteiger partial charge < -0.3 is 10.1 Å². The molecule has 5 nitrogen and oxygen atoms in total. The number of anilines is 1. The Labute approximate surface area is 150 Å². The van der Waals surface area contributed by atoms with Gasteiger partial charge in [-0.15, -0.1) is 11.8 Å². The Morgan fingerprint density at radius 3 is 2.72 bits per heavy atom. The van der Waals surface area contributed by atoms with E-state index in [1.165, 1.54) is 0 Å². The minimum Gasteiger partial charge on any atom is -0.494 e. The number of thioether (sulfide) groups is 1. The van der Waals surface area contributed by atoms with Gasteiger partial charge in [-0.3, -0.25) is 9.89 Å². The number of hydrogen-bond donors (Lipinski definition) is 2. The third-order valence-electron chi connectivity index (χ3n) is 3.61. The summed E-state index contributed by atoms with van der Waals surface area (Å²) in [5.74, 6) is 0.594. The quantitative estimate of drug-likeness (QED) is 0.643. The summed E-state index contributed by atoms with van der Waals surface area (Å²) in [4.78, 5) is 13.5. The summed E-state index contributed by atoms with van der Waals surface area (Å²) in [5.41, 5.74) is 2.81. The van der Waals surface area contributed by atoms with Gasteiger partial charge in [0.2, 0.25) is 0 Å². The van der Waals surface area contributed by atoms with E-state index in [4.69, 9.17) is 4.74 Å². The fourth-order valence-corrected chi connectivity index (χ4v) is 2.83. The predicted octanol–water partition coefficient (Wildman–Crippen LogP) is 4.45. The molecule has 1 aromatic heterocycles. The van der Waals surface area contributed by atoms with Gasteiger partial charge in [0.05, 0.1) is 12.3 Å². The number of aromatic amines is 1. The Bertz CT molecular complexity index is 859. The van der Waals surface area contributed by atoms with Crippen molar-refractivity contribution < 1.29 is 9.53 Å². The zero-order valence-corrected chi connectivity index (χ0v) is 14.9. The summed E-state index contributed by atoms with van der Waals surface area (Å²) >= 11 is 1.63. The molecule has 0 saturated heterocycles. The first-order chi connectivity index (χ1) is 12.2. The molecule has 1 heterocycles. The van der Waals surface area contributed by atoms with Crippen molar-refractivity contribution >= 4 is 23.4 Å². The summed E-state index contributed by atoms with van der Waals surface area (Å²) in [7, 11) is 0. The Morgan fingerprint density at radius 2 is 2.00 bits per heavy atom. The second-order valence-corrected chi connectivity index (χ2v) is 6.19. The highest BCUT2D eigenvalue weighted by molar-refractivity contribution is 7.98. The van der Waals surface area contributed by atoms with Gasteiger partial charge in [-0.25, -0.2) is 0 Å². The summed E-state index contributed by atoms with van der Waals surface area (Å²) < 4.78 is 5.43. The summed E-state index contributed by atoms with van der Waals surface area (Å²) in [6.07, 6.45) is 2.00. The van der Waals surface area contributed by atoms with Gasteiger partial charge in [-0.05, 0) is 61.7 Å². The second kappa shape index (κ2) is 7.90. The highest BCUT2D eigenvalue weighted by Gasteiger charge is 2.11. The van der Waals surface area contributed by atoms with E-state index in [1.807, 2.05) is 61.7 Å².